The number of pyridine rings is 1. The van der Waals surface area contributed by atoms with Gasteiger partial charge >= 0.3 is 12.1 Å². The van der Waals surface area contributed by atoms with Gasteiger partial charge in [0.2, 0.25) is 0 Å². The molecule has 8 nitrogen and oxygen atoms in total. The highest BCUT2D eigenvalue weighted by Gasteiger charge is 2.33. The van der Waals surface area contributed by atoms with Crippen LogP contribution in [0, 0.1) is 0 Å². The number of nitrogens with one attached hydrogen (secondary N) is 1. The van der Waals surface area contributed by atoms with Crippen LogP contribution in [0.4, 0.5) is 16.2 Å². The molecule has 2 atom stereocenters. The summed E-state index contributed by atoms with van der Waals surface area (Å²) in [5, 5.41) is 2.97. The topological polar surface area (TPSA) is 107 Å². The summed E-state index contributed by atoms with van der Waals surface area (Å²) in [6.45, 7) is 8.46. The summed E-state index contributed by atoms with van der Waals surface area (Å²) in [5.41, 5.74) is 9.15. The minimum Gasteiger partial charge on any atom is -0.456 e. The van der Waals surface area contributed by atoms with E-state index in [1.807, 2.05) is 20.8 Å². The Morgan fingerprint density at radius 2 is 2.07 bits per heavy atom. The first-order valence-electron chi connectivity index (χ1n) is 9.83. The average Bonchev–Trinajstić information content (AvgIpc) is 2.95. The van der Waals surface area contributed by atoms with E-state index in [0.29, 0.717) is 18.7 Å². The Bertz CT molecular complexity index is 759. The van der Waals surface area contributed by atoms with Crippen molar-refractivity contribution < 1.29 is 19.1 Å². The lowest BCUT2D eigenvalue weighted by atomic mass is 10.0. The Morgan fingerprint density at radius 1 is 1.32 bits per heavy atom. The maximum absolute atomic E-state index is 12.1. The molecule has 1 aromatic heterocycles. The molecule has 0 spiro atoms. The first-order valence-corrected chi connectivity index (χ1v) is 9.83. The lowest BCUT2D eigenvalue weighted by Gasteiger charge is -2.36. The number of carbonyl (C=O) groups excluding carboxylic acids is 2. The van der Waals surface area contributed by atoms with E-state index in [1.54, 1.807) is 6.20 Å². The number of piperidine rings is 1. The first kappa shape index (κ1) is 20.2. The highest BCUT2D eigenvalue weighted by molar-refractivity contribution is 5.74. The number of nitrogens with zero attached hydrogens (tertiary/aromatic N) is 2. The van der Waals surface area contributed by atoms with Crippen LogP contribution in [0.25, 0.3) is 0 Å². The van der Waals surface area contributed by atoms with Crippen LogP contribution in [0.3, 0.4) is 0 Å². The molecule has 154 valence electrons. The maximum Gasteiger partial charge on any atom is 0.407 e. The lowest BCUT2D eigenvalue weighted by molar-refractivity contribution is -0.146. The fourth-order valence-electron chi connectivity index (χ4n) is 3.97. The van der Waals surface area contributed by atoms with Gasteiger partial charge in [0.25, 0.3) is 0 Å². The molecule has 0 aromatic carbocycles. The van der Waals surface area contributed by atoms with E-state index in [2.05, 4.69) is 15.2 Å². The molecule has 3 rings (SSSR count). The normalized spacial score (nSPS) is 21.8. The number of amides is 1. The second-order valence-corrected chi connectivity index (χ2v) is 8.49. The second kappa shape index (κ2) is 7.85. The number of hydrogen-bond donors (Lipinski definition) is 2. The zero-order valence-corrected chi connectivity index (χ0v) is 17.1. The molecule has 1 aliphatic carbocycles. The third-order valence-corrected chi connectivity index (χ3v) is 4.94. The van der Waals surface area contributed by atoms with E-state index in [1.165, 1.54) is 6.92 Å². The highest BCUT2D eigenvalue weighted by Crippen LogP contribution is 2.41. The number of esters is 1. The fraction of sp³-hybridized carbons (Fsp3) is 0.650. The van der Waals surface area contributed by atoms with Crippen molar-refractivity contribution in [2.45, 2.75) is 71.1 Å². The second-order valence-electron chi connectivity index (χ2n) is 8.49. The van der Waals surface area contributed by atoms with Gasteiger partial charge in [0.1, 0.15) is 11.7 Å². The van der Waals surface area contributed by atoms with Gasteiger partial charge in [0.15, 0.2) is 0 Å². The summed E-state index contributed by atoms with van der Waals surface area (Å²) < 4.78 is 10.8. The Labute approximate surface area is 165 Å². The van der Waals surface area contributed by atoms with Gasteiger partial charge in [0.05, 0.1) is 23.3 Å². The van der Waals surface area contributed by atoms with Crippen molar-refractivity contribution in [3.63, 3.8) is 0 Å². The number of nitrogen functional groups attached to an aromatic ring is 1. The van der Waals surface area contributed by atoms with E-state index < -0.39 is 11.7 Å². The van der Waals surface area contributed by atoms with Crippen LogP contribution >= 0.6 is 0 Å². The minimum atomic E-state index is -0.527. The lowest BCUT2D eigenvalue weighted by Crippen LogP contribution is -2.49. The average molecular weight is 390 g/mol. The van der Waals surface area contributed by atoms with Crippen molar-refractivity contribution in [3.8, 4) is 0 Å². The van der Waals surface area contributed by atoms with Crippen LogP contribution in [-0.4, -0.2) is 41.8 Å². The Hall–Kier alpha value is -2.51. The number of aromatic nitrogens is 1. The molecule has 8 heteroatoms. The van der Waals surface area contributed by atoms with Crippen LogP contribution in [0.1, 0.15) is 64.3 Å². The molecule has 1 aromatic rings. The van der Waals surface area contributed by atoms with Crippen LogP contribution in [-0.2, 0) is 20.7 Å². The summed E-state index contributed by atoms with van der Waals surface area (Å²) in [5.74, 6) is -0.308. The highest BCUT2D eigenvalue weighted by atomic mass is 16.6. The summed E-state index contributed by atoms with van der Waals surface area (Å²) in [4.78, 5) is 30.1. The number of fused-ring (bicyclic) bond motifs is 1. The molecule has 28 heavy (non-hydrogen) atoms. The van der Waals surface area contributed by atoms with Gasteiger partial charge in [-0.3, -0.25) is 9.78 Å². The number of alkyl carbamates (subject to hydrolysis) is 1. The van der Waals surface area contributed by atoms with Crippen LogP contribution in [0.5, 0.6) is 0 Å². The Morgan fingerprint density at radius 3 is 2.75 bits per heavy atom. The van der Waals surface area contributed by atoms with Crippen LogP contribution < -0.4 is 16.0 Å². The Balaban J connectivity index is 1.76. The number of hydrogen-bond acceptors (Lipinski definition) is 7. The number of rotatable bonds is 3. The molecular formula is C20H30N4O4. The van der Waals surface area contributed by atoms with Gasteiger partial charge in [-0.25, -0.2) is 4.79 Å². The zero-order valence-electron chi connectivity index (χ0n) is 17.1. The monoisotopic (exact) mass is 390 g/mol. The van der Waals surface area contributed by atoms with Crippen molar-refractivity contribution in [1.29, 1.82) is 0 Å². The standard InChI is InChI=1S/C20H30N4O4/c1-12(25)27-16-8-7-14-17(16)22-10-15(21)18(14)24-9-5-6-13(11-24)23-19(26)28-20(2,3)4/h10,13,16H,5-9,11,21H2,1-4H3,(H,23,26). The van der Waals surface area contributed by atoms with Gasteiger partial charge in [-0.15, -0.1) is 0 Å². The molecule has 0 saturated carbocycles. The molecular weight excluding hydrogens is 360 g/mol. The summed E-state index contributed by atoms with van der Waals surface area (Å²) >= 11 is 0. The predicted octanol–water partition coefficient (Wildman–Crippen LogP) is 2.71. The molecule has 2 aliphatic rings. The maximum atomic E-state index is 12.1. The molecule has 1 amide bonds. The molecule has 1 fully saturated rings. The largest absolute Gasteiger partial charge is 0.456 e. The molecule has 0 radical (unpaired) electrons. The summed E-state index contributed by atoms with van der Waals surface area (Å²) in [7, 11) is 0. The molecule has 0 bridgehead atoms. The number of anilines is 2. The third kappa shape index (κ3) is 4.66. The van der Waals surface area contributed by atoms with Crippen molar-refractivity contribution in [1.82, 2.24) is 10.3 Å². The number of nitrogens with two attached hydrogens (primary N) is 1. The minimum absolute atomic E-state index is 0.0162. The van der Waals surface area contributed by atoms with Gasteiger partial charge < -0.3 is 25.4 Å². The fourth-order valence-corrected chi connectivity index (χ4v) is 3.97. The summed E-state index contributed by atoms with van der Waals surface area (Å²) in [6, 6.07) is -0.0162. The van der Waals surface area contributed by atoms with Gasteiger partial charge in [-0.2, -0.15) is 0 Å². The first-order chi connectivity index (χ1) is 13.1. The van der Waals surface area contributed by atoms with E-state index in [-0.39, 0.29) is 18.1 Å². The van der Waals surface area contributed by atoms with Crippen molar-refractivity contribution in [3.05, 3.63) is 17.5 Å². The molecule has 3 N–H and O–H groups in total. The van der Waals surface area contributed by atoms with E-state index in [9.17, 15) is 9.59 Å². The SMILES string of the molecule is CC(=O)OC1CCc2c1ncc(N)c2N1CCCC(NC(=O)OC(C)(C)C)C1. The number of carbonyl (C=O) groups is 2. The van der Waals surface area contributed by atoms with Gasteiger partial charge in [0, 0.05) is 31.6 Å². The zero-order chi connectivity index (χ0) is 20.5. The van der Waals surface area contributed by atoms with Crippen LogP contribution in [0.2, 0.25) is 0 Å². The molecule has 2 heterocycles. The van der Waals surface area contributed by atoms with E-state index in [4.69, 9.17) is 15.2 Å². The van der Waals surface area contributed by atoms with Crippen LogP contribution in [0.15, 0.2) is 6.20 Å². The molecule has 1 aliphatic heterocycles. The van der Waals surface area contributed by atoms with Gasteiger partial charge in [-0.05, 0) is 46.5 Å². The smallest absolute Gasteiger partial charge is 0.407 e. The van der Waals surface area contributed by atoms with Crippen molar-refractivity contribution in [2.24, 2.45) is 0 Å². The van der Waals surface area contributed by atoms with Gasteiger partial charge in [-0.1, -0.05) is 0 Å². The Kier molecular flexibility index (Phi) is 5.67. The predicted molar refractivity (Wildman–Crippen MR) is 106 cm³/mol. The number of ether oxygens (including phenoxy) is 2. The molecule has 2 unspecified atom stereocenters. The molecule has 1 saturated heterocycles. The van der Waals surface area contributed by atoms with E-state index >= 15 is 0 Å². The third-order valence-electron chi connectivity index (χ3n) is 4.94. The quantitative estimate of drug-likeness (QED) is 0.764. The summed E-state index contributed by atoms with van der Waals surface area (Å²) in [6.07, 6.45) is 4.23. The van der Waals surface area contributed by atoms with Crippen molar-refractivity contribution in [2.75, 3.05) is 23.7 Å². The van der Waals surface area contributed by atoms with Crippen molar-refractivity contribution >= 4 is 23.4 Å². The van der Waals surface area contributed by atoms with E-state index in [0.717, 1.165) is 42.8 Å².